The van der Waals surface area contributed by atoms with E-state index >= 15 is 0 Å². The largest absolute Gasteiger partial charge is 0.308 e. The molecule has 1 aliphatic heterocycles. The first-order valence-electron chi connectivity index (χ1n) is 11.3. The lowest BCUT2D eigenvalue weighted by atomic mass is 10.1. The van der Waals surface area contributed by atoms with Gasteiger partial charge in [0.05, 0.1) is 11.4 Å². The molecule has 0 radical (unpaired) electrons. The van der Waals surface area contributed by atoms with Gasteiger partial charge < -0.3 is 4.90 Å². The topological polar surface area (TPSA) is 57.7 Å². The molecule has 1 atom stereocenters. The normalized spacial score (nSPS) is 15.6. The Labute approximate surface area is 196 Å². The Hall–Kier alpha value is -2.96. The summed E-state index contributed by atoms with van der Waals surface area (Å²) in [6.45, 7) is 5.71. The van der Waals surface area contributed by atoms with Crippen molar-refractivity contribution in [3.63, 3.8) is 0 Å². The van der Waals surface area contributed by atoms with Crippen LogP contribution in [0.25, 0.3) is 0 Å². The molecule has 3 aromatic rings. The molecule has 33 heavy (non-hydrogen) atoms. The van der Waals surface area contributed by atoms with Crippen LogP contribution in [0.3, 0.4) is 0 Å². The van der Waals surface area contributed by atoms with Crippen molar-refractivity contribution in [2.75, 3.05) is 18.0 Å². The van der Waals surface area contributed by atoms with Crippen LogP contribution in [0.5, 0.6) is 0 Å². The third kappa shape index (κ3) is 4.87. The van der Waals surface area contributed by atoms with Crippen LogP contribution in [0.2, 0.25) is 0 Å². The molecule has 172 valence electrons. The van der Waals surface area contributed by atoms with E-state index in [-0.39, 0.29) is 29.9 Å². The van der Waals surface area contributed by atoms with E-state index < -0.39 is 10.0 Å². The van der Waals surface area contributed by atoms with Gasteiger partial charge in [0.15, 0.2) is 0 Å². The van der Waals surface area contributed by atoms with Crippen LogP contribution >= 0.6 is 0 Å². The molecular formula is C27H30N2O3S. The summed E-state index contributed by atoms with van der Waals surface area (Å²) in [5.74, 6) is -0.200. The summed E-state index contributed by atoms with van der Waals surface area (Å²) < 4.78 is 28.9. The second kappa shape index (κ2) is 9.49. The lowest BCUT2D eigenvalue weighted by molar-refractivity contribution is -0.119. The van der Waals surface area contributed by atoms with Crippen molar-refractivity contribution in [2.45, 2.75) is 44.6 Å². The third-order valence-electron chi connectivity index (χ3n) is 6.24. The molecule has 5 nitrogen and oxygen atoms in total. The highest BCUT2D eigenvalue weighted by atomic mass is 32.2. The molecule has 1 heterocycles. The van der Waals surface area contributed by atoms with Crippen LogP contribution in [0.1, 0.15) is 29.2 Å². The number of amides is 1. The quantitative estimate of drug-likeness (QED) is 0.519. The van der Waals surface area contributed by atoms with Crippen molar-refractivity contribution < 1.29 is 13.2 Å². The average molecular weight is 463 g/mol. The summed E-state index contributed by atoms with van der Waals surface area (Å²) in [5.41, 5.74) is 4.58. The molecule has 1 aliphatic rings. The Morgan fingerprint density at radius 2 is 1.70 bits per heavy atom. The Bertz CT molecular complexity index is 1260. The van der Waals surface area contributed by atoms with Crippen molar-refractivity contribution in [3.05, 3.63) is 95.1 Å². The molecule has 0 unspecified atom stereocenters. The molecule has 0 saturated heterocycles. The molecule has 0 N–H and O–H groups in total. The van der Waals surface area contributed by atoms with Crippen molar-refractivity contribution in [1.82, 2.24) is 4.31 Å². The van der Waals surface area contributed by atoms with E-state index in [1.54, 1.807) is 17.9 Å². The average Bonchev–Trinajstić information content (AvgIpc) is 3.14. The first-order chi connectivity index (χ1) is 15.8. The van der Waals surface area contributed by atoms with Gasteiger partial charge in [-0.3, -0.25) is 4.79 Å². The minimum Gasteiger partial charge on any atom is -0.308 e. The molecule has 0 fully saturated rings. The minimum atomic E-state index is -3.86. The van der Waals surface area contributed by atoms with E-state index in [0.717, 1.165) is 28.8 Å². The van der Waals surface area contributed by atoms with E-state index in [4.69, 9.17) is 0 Å². The summed E-state index contributed by atoms with van der Waals surface area (Å²) in [7, 11) is -3.86. The molecule has 0 bridgehead atoms. The van der Waals surface area contributed by atoms with Gasteiger partial charge in [-0.1, -0.05) is 60.7 Å². The number of anilines is 1. The number of fused-ring (bicyclic) bond motifs is 1. The number of aryl methyl sites for hydroxylation is 2. The predicted molar refractivity (Wildman–Crippen MR) is 132 cm³/mol. The number of hydrogen-bond acceptors (Lipinski definition) is 3. The standard InChI is InChI=1S/C27H30N2O3S/c1-20-13-14-21(2)26(17-20)33(31,32)28(16-15-23-9-5-4-6-10-23)19-27(30)29-22(3)18-24-11-7-8-12-25(24)29/h4-14,17,22H,15-16,18-19H2,1-3H3/t22-/m1/s1. The van der Waals surface area contributed by atoms with Crippen molar-refractivity contribution >= 4 is 21.6 Å². The van der Waals surface area contributed by atoms with Crippen LogP contribution in [0.4, 0.5) is 5.69 Å². The number of sulfonamides is 1. The molecule has 4 rings (SSSR count). The van der Waals surface area contributed by atoms with E-state index in [1.165, 1.54) is 4.31 Å². The van der Waals surface area contributed by atoms with Gasteiger partial charge in [0, 0.05) is 18.3 Å². The van der Waals surface area contributed by atoms with Gasteiger partial charge in [-0.15, -0.1) is 0 Å². The molecule has 0 aliphatic carbocycles. The SMILES string of the molecule is Cc1ccc(C)c(S(=O)(=O)N(CCc2ccccc2)CC(=O)N2c3ccccc3C[C@H]2C)c1. The Kier molecular flexibility index (Phi) is 6.68. The monoisotopic (exact) mass is 462 g/mol. The maximum absolute atomic E-state index is 13.8. The Morgan fingerprint density at radius 3 is 2.45 bits per heavy atom. The predicted octanol–water partition coefficient (Wildman–Crippen LogP) is 4.51. The lowest BCUT2D eigenvalue weighted by Gasteiger charge is -2.28. The zero-order valence-corrected chi connectivity index (χ0v) is 20.2. The van der Waals surface area contributed by atoms with Crippen molar-refractivity contribution in [1.29, 1.82) is 0 Å². The first-order valence-corrected chi connectivity index (χ1v) is 12.7. The van der Waals surface area contributed by atoms with Crippen LogP contribution in [0, 0.1) is 13.8 Å². The molecule has 0 aromatic heterocycles. The zero-order valence-electron chi connectivity index (χ0n) is 19.4. The third-order valence-corrected chi connectivity index (χ3v) is 8.23. The fraction of sp³-hybridized carbons (Fsp3) is 0.296. The van der Waals surface area contributed by atoms with Crippen LogP contribution in [-0.4, -0.2) is 37.8 Å². The Balaban J connectivity index is 1.65. The van der Waals surface area contributed by atoms with E-state index in [2.05, 4.69) is 0 Å². The van der Waals surface area contributed by atoms with Gasteiger partial charge in [-0.05, 0) is 68.0 Å². The Morgan fingerprint density at radius 1 is 1.00 bits per heavy atom. The van der Waals surface area contributed by atoms with E-state index in [0.29, 0.717) is 12.0 Å². The van der Waals surface area contributed by atoms with Crippen LogP contribution < -0.4 is 4.90 Å². The zero-order chi connectivity index (χ0) is 23.6. The molecule has 6 heteroatoms. The number of rotatable bonds is 7. The van der Waals surface area contributed by atoms with Gasteiger partial charge >= 0.3 is 0 Å². The fourth-order valence-electron chi connectivity index (χ4n) is 4.48. The summed E-state index contributed by atoms with van der Waals surface area (Å²) in [4.78, 5) is 15.5. The van der Waals surface area contributed by atoms with Gasteiger partial charge in [0.2, 0.25) is 15.9 Å². The molecule has 0 saturated carbocycles. The number of benzene rings is 3. The lowest BCUT2D eigenvalue weighted by Crippen LogP contribution is -2.45. The second-order valence-electron chi connectivity index (χ2n) is 8.79. The van der Waals surface area contributed by atoms with Gasteiger partial charge in [-0.2, -0.15) is 4.31 Å². The number of hydrogen-bond donors (Lipinski definition) is 0. The van der Waals surface area contributed by atoms with Gasteiger partial charge in [0.1, 0.15) is 0 Å². The summed E-state index contributed by atoms with van der Waals surface area (Å²) in [6, 6.07) is 23.0. The molecule has 0 spiro atoms. The van der Waals surface area contributed by atoms with Crippen molar-refractivity contribution in [2.24, 2.45) is 0 Å². The van der Waals surface area contributed by atoms with Gasteiger partial charge in [0.25, 0.3) is 0 Å². The number of nitrogens with zero attached hydrogens (tertiary/aromatic N) is 2. The highest BCUT2D eigenvalue weighted by molar-refractivity contribution is 7.89. The number of carbonyl (C=O) groups excluding carboxylic acids is 1. The van der Waals surface area contributed by atoms with Crippen LogP contribution in [-0.2, 0) is 27.7 Å². The summed E-state index contributed by atoms with van der Waals surface area (Å²) >= 11 is 0. The second-order valence-corrected chi connectivity index (χ2v) is 10.7. The maximum atomic E-state index is 13.8. The highest BCUT2D eigenvalue weighted by Crippen LogP contribution is 2.32. The van der Waals surface area contributed by atoms with Gasteiger partial charge in [-0.25, -0.2) is 8.42 Å². The maximum Gasteiger partial charge on any atom is 0.243 e. The highest BCUT2D eigenvalue weighted by Gasteiger charge is 2.34. The smallest absolute Gasteiger partial charge is 0.243 e. The summed E-state index contributed by atoms with van der Waals surface area (Å²) in [6.07, 6.45) is 1.31. The van der Waals surface area contributed by atoms with E-state index in [1.807, 2.05) is 80.6 Å². The first kappa shape index (κ1) is 23.2. The van der Waals surface area contributed by atoms with Crippen molar-refractivity contribution in [3.8, 4) is 0 Å². The number of carbonyl (C=O) groups is 1. The summed E-state index contributed by atoms with van der Waals surface area (Å²) in [5, 5.41) is 0. The fourth-order valence-corrected chi connectivity index (χ4v) is 6.18. The number of para-hydroxylation sites is 1. The molecule has 1 amide bonds. The minimum absolute atomic E-state index is 0.00529. The van der Waals surface area contributed by atoms with Crippen LogP contribution in [0.15, 0.2) is 77.7 Å². The van der Waals surface area contributed by atoms with E-state index in [9.17, 15) is 13.2 Å². The molecular weight excluding hydrogens is 432 g/mol. The molecule has 3 aromatic carbocycles.